The Morgan fingerprint density at radius 1 is 0.879 bits per heavy atom. The monoisotopic (exact) mass is 488 g/mol. The molecular weight excluding hydrogens is 474 g/mol. The second-order valence-electron chi connectivity index (χ2n) is 6.89. The number of nitrogens with zero attached hydrogens (tertiary/aromatic N) is 2. The molecule has 1 heterocycles. The lowest BCUT2D eigenvalue weighted by Crippen LogP contribution is -2.32. The van der Waals surface area contributed by atoms with Crippen molar-refractivity contribution in [3.05, 3.63) is 94.3 Å². The fourth-order valence-corrected chi connectivity index (χ4v) is 4.38. The lowest BCUT2D eigenvalue weighted by molar-refractivity contribution is 0.101. The number of benzene rings is 2. The number of pyridine rings is 1. The van der Waals surface area contributed by atoms with Gasteiger partial charge in [-0.05, 0) is 19.1 Å². The first kappa shape index (κ1) is 24.4. The molecule has 0 atom stereocenters. The van der Waals surface area contributed by atoms with E-state index in [4.69, 9.17) is 0 Å². The van der Waals surface area contributed by atoms with Gasteiger partial charge >= 0.3 is 0 Å². The lowest BCUT2D eigenvalue weighted by Gasteiger charge is -2.23. The van der Waals surface area contributed by atoms with E-state index in [9.17, 15) is 39.6 Å². The minimum atomic E-state index is -5.17. The number of ketones is 1. The molecule has 0 unspecified atom stereocenters. The number of carbonyl (C=O) groups is 1. The highest BCUT2D eigenvalue weighted by molar-refractivity contribution is 7.89. The van der Waals surface area contributed by atoms with Crippen molar-refractivity contribution in [2.75, 3.05) is 0 Å². The Kier molecular flexibility index (Phi) is 6.89. The Bertz CT molecular complexity index is 1350. The van der Waals surface area contributed by atoms with Crippen LogP contribution in [0.3, 0.4) is 0 Å². The minimum Gasteiger partial charge on any atom is -0.295 e. The Balaban J connectivity index is 2.13. The zero-order valence-corrected chi connectivity index (χ0v) is 17.6. The van der Waals surface area contributed by atoms with Crippen LogP contribution < -0.4 is 0 Å². The van der Waals surface area contributed by atoms with Crippen molar-refractivity contribution in [1.29, 1.82) is 0 Å². The Morgan fingerprint density at radius 2 is 1.55 bits per heavy atom. The van der Waals surface area contributed by atoms with E-state index in [1.807, 2.05) is 0 Å². The summed E-state index contributed by atoms with van der Waals surface area (Å²) in [4.78, 5) is 13.2. The van der Waals surface area contributed by atoms with Gasteiger partial charge < -0.3 is 0 Å². The van der Waals surface area contributed by atoms with Crippen LogP contribution in [0.2, 0.25) is 0 Å². The largest absolute Gasteiger partial charge is 0.295 e. The number of Topliss-reactive ketones (excluding diaryl/α,β-unsaturated/α-hetero) is 1. The fourth-order valence-electron chi connectivity index (χ4n) is 2.92. The van der Waals surface area contributed by atoms with Gasteiger partial charge in [0.2, 0.25) is 16.0 Å². The second-order valence-corrected chi connectivity index (χ2v) is 8.79. The van der Waals surface area contributed by atoms with Crippen molar-refractivity contribution in [1.82, 2.24) is 9.29 Å². The first-order valence-electron chi connectivity index (χ1n) is 9.15. The summed E-state index contributed by atoms with van der Waals surface area (Å²) in [5.41, 5.74) is -0.640. The number of carbonyl (C=O) groups excluding carboxylic acids is 1. The molecule has 0 fully saturated rings. The molecule has 0 radical (unpaired) electrons. The molecule has 0 aliphatic rings. The summed E-state index contributed by atoms with van der Waals surface area (Å²) in [6.07, 6.45) is 1.07. The third-order valence-electron chi connectivity index (χ3n) is 4.68. The zero-order chi connectivity index (χ0) is 24.5. The molecule has 174 valence electrons. The number of aromatic nitrogens is 1. The summed E-state index contributed by atoms with van der Waals surface area (Å²) < 4.78 is 110. The van der Waals surface area contributed by atoms with Crippen LogP contribution in [0.25, 0.3) is 0 Å². The van der Waals surface area contributed by atoms with Crippen LogP contribution in [-0.2, 0) is 23.1 Å². The molecule has 0 aliphatic heterocycles. The summed E-state index contributed by atoms with van der Waals surface area (Å²) in [5.74, 6) is -11.3. The van der Waals surface area contributed by atoms with Crippen molar-refractivity contribution in [3.8, 4) is 0 Å². The molecule has 0 saturated heterocycles. The smallest absolute Gasteiger partial charge is 0.246 e. The maximum absolute atomic E-state index is 14.5. The molecule has 0 N–H and O–H groups in total. The number of rotatable bonds is 7. The standard InChI is InChI=1S/C21H14F6N2O3S/c1-11(30)12-4-5-13(15(22)7-12)9-29(10-14-3-2-6-28-21(14)27)33(31,32)17-8-16(23)18(24)20(26)19(17)25/h2-8H,9-10H2,1H3. The summed E-state index contributed by atoms with van der Waals surface area (Å²) in [6.45, 7) is -0.506. The molecule has 5 nitrogen and oxygen atoms in total. The summed E-state index contributed by atoms with van der Waals surface area (Å²) >= 11 is 0. The van der Waals surface area contributed by atoms with Gasteiger partial charge in [-0.15, -0.1) is 0 Å². The summed E-state index contributed by atoms with van der Waals surface area (Å²) in [6, 6.07) is 5.46. The van der Waals surface area contributed by atoms with Crippen molar-refractivity contribution in [3.63, 3.8) is 0 Å². The number of sulfonamides is 1. The van der Waals surface area contributed by atoms with E-state index >= 15 is 0 Å². The first-order valence-corrected chi connectivity index (χ1v) is 10.6. The van der Waals surface area contributed by atoms with Gasteiger partial charge in [-0.3, -0.25) is 4.79 Å². The molecule has 12 heteroatoms. The first-order chi connectivity index (χ1) is 15.4. The van der Waals surface area contributed by atoms with Gasteiger partial charge in [-0.25, -0.2) is 35.4 Å². The van der Waals surface area contributed by atoms with Crippen LogP contribution in [-0.4, -0.2) is 23.5 Å². The molecule has 2 aromatic carbocycles. The molecule has 0 spiro atoms. The average molecular weight is 488 g/mol. The van der Waals surface area contributed by atoms with Gasteiger partial charge in [0, 0.05) is 42.0 Å². The zero-order valence-electron chi connectivity index (χ0n) is 16.8. The highest BCUT2D eigenvalue weighted by Crippen LogP contribution is 2.28. The van der Waals surface area contributed by atoms with Gasteiger partial charge in [0.25, 0.3) is 0 Å². The van der Waals surface area contributed by atoms with E-state index in [2.05, 4.69) is 4.98 Å². The molecule has 0 saturated carbocycles. The van der Waals surface area contributed by atoms with Gasteiger partial charge in [0.1, 0.15) is 10.7 Å². The molecule has 1 aromatic heterocycles. The Hall–Kier alpha value is -3.25. The van der Waals surface area contributed by atoms with Gasteiger partial charge in [0.05, 0.1) is 0 Å². The SMILES string of the molecule is CC(=O)c1ccc(CN(Cc2cccnc2F)S(=O)(=O)c2cc(F)c(F)c(F)c2F)c(F)c1. The van der Waals surface area contributed by atoms with Crippen LogP contribution in [0, 0.1) is 35.0 Å². The van der Waals surface area contributed by atoms with Crippen LogP contribution in [0.5, 0.6) is 0 Å². The molecule has 0 bridgehead atoms. The number of hydrogen-bond acceptors (Lipinski definition) is 4. The lowest BCUT2D eigenvalue weighted by atomic mass is 10.1. The van der Waals surface area contributed by atoms with E-state index in [-0.39, 0.29) is 22.8 Å². The number of hydrogen-bond donors (Lipinski definition) is 0. The molecular formula is C21H14F6N2O3S. The third kappa shape index (κ3) is 4.91. The third-order valence-corrected chi connectivity index (χ3v) is 6.47. The van der Waals surface area contributed by atoms with Gasteiger partial charge in [-0.1, -0.05) is 18.2 Å². The van der Waals surface area contributed by atoms with Crippen LogP contribution in [0.15, 0.2) is 47.5 Å². The van der Waals surface area contributed by atoms with Crippen molar-refractivity contribution >= 4 is 15.8 Å². The average Bonchev–Trinajstić information content (AvgIpc) is 2.76. The normalized spacial score (nSPS) is 11.8. The van der Waals surface area contributed by atoms with Crippen LogP contribution in [0.1, 0.15) is 28.4 Å². The van der Waals surface area contributed by atoms with E-state index in [0.717, 1.165) is 24.4 Å². The van der Waals surface area contributed by atoms with Gasteiger partial charge in [0.15, 0.2) is 29.1 Å². The van der Waals surface area contributed by atoms with E-state index in [1.165, 1.54) is 19.1 Å². The van der Waals surface area contributed by atoms with Crippen molar-refractivity contribution in [2.45, 2.75) is 24.9 Å². The van der Waals surface area contributed by atoms with Crippen LogP contribution in [0.4, 0.5) is 26.3 Å². The van der Waals surface area contributed by atoms with E-state index < -0.39 is 68.8 Å². The molecule has 0 amide bonds. The summed E-state index contributed by atoms with van der Waals surface area (Å²) in [7, 11) is -5.17. The van der Waals surface area contributed by atoms with Crippen molar-refractivity contribution < 1.29 is 39.6 Å². The highest BCUT2D eigenvalue weighted by Gasteiger charge is 2.33. The second kappa shape index (κ2) is 9.32. The fraction of sp³-hybridized carbons (Fsp3) is 0.143. The predicted octanol–water partition coefficient (Wildman–Crippen LogP) is 4.51. The maximum atomic E-state index is 14.5. The molecule has 33 heavy (non-hydrogen) atoms. The molecule has 0 aliphatic carbocycles. The molecule has 3 rings (SSSR count). The van der Waals surface area contributed by atoms with E-state index in [0.29, 0.717) is 4.31 Å². The molecule has 3 aromatic rings. The quantitative estimate of drug-likeness (QED) is 0.161. The highest BCUT2D eigenvalue weighted by atomic mass is 32.2. The topological polar surface area (TPSA) is 67.3 Å². The number of halogens is 6. The Morgan fingerprint density at radius 3 is 2.15 bits per heavy atom. The predicted molar refractivity (Wildman–Crippen MR) is 103 cm³/mol. The van der Waals surface area contributed by atoms with Crippen molar-refractivity contribution in [2.24, 2.45) is 0 Å². The van der Waals surface area contributed by atoms with Gasteiger partial charge in [-0.2, -0.15) is 8.70 Å². The summed E-state index contributed by atoms with van der Waals surface area (Å²) in [5, 5.41) is 0. The maximum Gasteiger partial charge on any atom is 0.246 e. The van der Waals surface area contributed by atoms with E-state index in [1.54, 1.807) is 0 Å². The Labute approximate surface area is 184 Å². The van der Waals surface area contributed by atoms with Crippen LogP contribution >= 0.6 is 0 Å². The minimum absolute atomic E-state index is 0.0160.